The van der Waals surface area contributed by atoms with Crippen LogP contribution < -0.4 is 0 Å². The zero-order valence-electron chi connectivity index (χ0n) is 10.3. The van der Waals surface area contributed by atoms with Crippen molar-refractivity contribution in [2.75, 3.05) is 0 Å². The van der Waals surface area contributed by atoms with Crippen molar-refractivity contribution >= 4 is 12.2 Å². The summed E-state index contributed by atoms with van der Waals surface area (Å²) in [5, 5.41) is 0. The van der Waals surface area contributed by atoms with E-state index in [9.17, 15) is 0 Å². The molecule has 0 aliphatic rings. The number of aryl methyl sites for hydroxylation is 3. The second-order valence-corrected chi connectivity index (χ2v) is 4.03. The summed E-state index contributed by atoms with van der Waals surface area (Å²) in [6.45, 7) is 5.82. The summed E-state index contributed by atoms with van der Waals surface area (Å²) >= 11 is 0. The molecule has 0 radical (unpaired) electrons. The molecule has 0 bridgehead atoms. The topological polar surface area (TPSA) is 38.7 Å². The Hall–Kier alpha value is -2.03. The minimum absolute atomic E-state index is 0.704. The van der Waals surface area contributed by atoms with Crippen molar-refractivity contribution in [3.63, 3.8) is 0 Å². The van der Waals surface area contributed by atoms with Crippen molar-refractivity contribution in [2.24, 2.45) is 0 Å². The third kappa shape index (κ3) is 3.21. The molecule has 17 heavy (non-hydrogen) atoms. The first-order chi connectivity index (χ1) is 8.13. The molecule has 0 aliphatic heterocycles. The fraction of sp³-hybridized carbons (Fsp3) is 0.214. The van der Waals surface area contributed by atoms with Gasteiger partial charge < -0.3 is 0 Å². The monoisotopic (exact) mass is 225 g/mol. The van der Waals surface area contributed by atoms with Gasteiger partial charge in [0, 0.05) is 0 Å². The summed E-state index contributed by atoms with van der Waals surface area (Å²) in [5.74, 6) is 2.21. The molecule has 1 aromatic heterocycles. The van der Waals surface area contributed by atoms with Crippen LogP contribution in [0.25, 0.3) is 12.2 Å². The lowest BCUT2D eigenvalue weighted by molar-refractivity contribution is 0.908. The zero-order valence-corrected chi connectivity index (χ0v) is 10.3. The normalized spacial score (nSPS) is 11.0. The minimum Gasteiger partial charge on any atom is -0.219 e. The highest BCUT2D eigenvalue weighted by Gasteiger charge is 1.96. The highest BCUT2D eigenvalue weighted by atomic mass is 15.0. The average molecular weight is 225 g/mol. The summed E-state index contributed by atoms with van der Waals surface area (Å²) in [5.41, 5.74) is 2.40. The number of hydrogen-bond acceptors (Lipinski definition) is 3. The average Bonchev–Trinajstić information content (AvgIpc) is 2.27. The van der Waals surface area contributed by atoms with Crippen molar-refractivity contribution in [3.05, 3.63) is 52.9 Å². The molecule has 0 fully saturated rings. The maximum Gasteiger partial charge on any atom is 0.156 e. The summed E-state index contributed by atoms with van der Waals surface area (Å²) < 4.78 is 0. The Balaban J connectivity index is 2.22. The molecule has 0 unspecified atom stereocenters. The van der Waals surface area contributed by atoms with E-state index in [1.54, 1.807) is 0 Å². The van der Waals surface area contributed by atoms with Gasteiger partial charge in [0.2, 0.25) is 0 Å². The van der Waals surface area contributed by atoms with Gasteiger partial charge in [-0.2, -0.15) is 0 Å². The molecule has 0 atom stereocenters. The van der Waals surface area contributed by atoms with Gasteiger partial charge in [0.15, 0.2) is 5.82 Å². The molecule has 3 heteroatoms. The van der Waals surface area contributed by atoms with Crippen molar-refractivity contribution in [1.29, 1.82) is 0 Å². The van der Waals surface area contributed by atoms with Crippen LogP contribution in [-0.2, 0) is 0 Å². The molecule has 2 rings (SSSR count). The van der Waals surface area contributed by atoms with Crippen molar-refractivity contribution in [2.45, 2.75) is 20.8 Å². The molecule has 0 amide bonds. The first-order valence-corrected chi connectivity index (χ1v) is 5.57. The molecule has 1 heterocycles. The van der Waals surface area contributed by atoms with Gasteiger partial charge in [0.05, 0.1) is 0 Å². The van der Waals surface area contributed by atoms with Gasteiger partial charge in [-0.15, -0.1) is 0 Å². The maximum atomic E-state index is 4.26. The fourth-order valence-corrected chi connectivity index (χ4v) is 1.56. The van der Waals surface area contributed by atoms with E-state index in [1.165, 1.54) is 5.56 Å². The molecular weight excluding hydrogens is 210 g/mol. The van der Waals surface area contributed by atoms with E-state index in [-0.39, 0.29) is 0 Å². The predicted molar refractivity (Wildman–Crippen MR) is 69.4 cm³/mol. The first kappa shape index (κ1) is 11.5. The number of benzene rings is 1. The van der Waals surface area contributed by atoms with Crippen LogP contribution >= 0.6 is 0 Å². The van der Waals surface area contributed by atoms with Gasteiger partial charge in [-0.05, 0) is 32.4 Å². The SMILES string of the molecule is Cc1ccc(/C=C/c2nc(C)nc(C)n2)cc1. The Morgan fingerprint density at radius 2 is 1.35 bits per heavy atom. The van der Waals surface area contributed by atoms with Gasteiger partial charge in [-0.3, -0.25) is 0 Å². The van der Waals surface area contributed by atoms with Crippen LogP contribution in [0.15, 0.2) is 24.3 Å². The van der Waals surface area contributed by atoms with Crippen LogP contribution in [0.4, 0.5) is 0 Å². The van der Waals surface area contributed by atoms with Gasteiger partial charge in [0.1, 0.15) is 11.6 Å². The van der Waals surface area contributed by atoms with Crippen molar-refractivity contribution < 1.29 is 0 Å². The van der Waals surface area contributed by atoms with Crippen LogP contribution in [0.1, 0.15) is 28.6 Å². The van der Waals surface area contributed by atoms with Gasteiger partial charge in [0.25, 0.3) is 0 Å². The highest BCUT2D eigenvalue weighted by Crippen LogP contribution is 2.07. The van der Waals surface area contributed by atoms with Gasteiger partial charge in [-0.1, -0.05) is 35.9 Å². The first-order valence-electron chi connectivity index (χ1n) is 5.57. The van der Waals surface area contributed by atoms with E-state index in [0.717, 1.165) is 17.2 Å². The lowest BCUT2D eigenvalue weighted by Crippen LogP contribution is -1.98. The Morgan fingerprint density at radius 3 is 1.94 bits per heavy atom. The second kappa shape index (κ2) is 4.87. The van der Waals surface area contributed by atoms with Crippen LogP contribution in [0.2, 0.25) is 0 Å². The number of hydrogen-bond donors (Lipinski definition) is 0. The molecule has 0 N–H and O–H groups in total. The van der Waals surface area contributed by atoms with E-state index in [4.69, 9.17) is 0 Å². The van der Waals surface area contributed by atoms with Gasteiger partial charge >= 0.3 is 0 Å². The molecular formula is C14H15N3. The number of nitrogens with zero attached hydrogens (tertiary/aromatic N) is 3. The maximum absolute atomic E-state index is 4.26. The van der Waals surface area contributed by atoms with E-state index in [1.807, 2.05) is 26.0 Å². The third-order valence-corrected chi connectivity index (χ3v) is 2.38. The van der Waals surface area contributed by atoms with Crippen LogP contribution in [0.5, 0.6) is 0 Å². The Morgan fingerprint density at radius 1 is 0.765 bits per heavy atom. The molecule has 0 saturated heterocycles. The summed E-state index contributed by atoms with van der Waals surface area (Å²) in [6, 6.07) is 8.33. The molecule has 3 nitrogen and oxygen atoms in total. The number of rotatable bonds is 2. The van der Waals surface area contributed by atoms with E-state index in [2.05, 4.69) is 46.1 Å². The smallest absolute Gasteiger partial charge is 0.156 e. The van der Waals surface area contributed by atoms with Crippen LogP contribution in [0, 0.1) is 20.8 Å². The summed E-state index contributed by atoms with van der Waals surface area (Å²) in [4.78, 5) is 12.7. The fourth-order valence-electron chi connectivity index (χ4n) is 1.56. The second-order valence-electron chi connectivity index (χ2n) is 4.03. The van der Waals surface area contributed by atoms with E-state index in [0.29, 0.717) is 5.82 Å². The van der Waals surface area contributed by atoms with Crippen LogP contribution in [-0.4, -0.2) is 15.0 Å². The highest BCUT2D eigenvalue weighted by molar-refractivity contribution is 5.66. The standard InChI is InChI=1S/C14H15N3/c1-10-4-6-13(7-5-10)8-9-14-16-11(2)15-12(3)17-14/h4-9H,1-3H3/b9-8+. The Bertz CT molecular complexity index is 522. The Kier molecular flexibility index (Phi) is 3.28. The molecule has 86 valence electrons. The largest absolute Gasteiger partial charge is 0.219 e. The predicted octanol–water partition coefficient (Wildman–Crippen LogP) is 2.97. The quantitative estimate of drug-likeness (QED) is 0.788. The Labute approximate surface area is 101 Å². The summed E-state index contributed by atoms with van der Waals surface area (Å²) in [7, 11) is 0. The molecule has 0 saturated carbocycles. The molecule has 1 aromatic carbocycles. The minimum atomic E-state index is 0.704. The molecule has 2 aromatic rings. The lowest BCUT2D eigenvalue weighted by atomic mass is 10.1. The molecule has 0 spiro atoms. The van der Waals surface area contributed by atoms with Gasteiger partial charge in [-0.25, -0.2) is 15.0 Å². The zero-order chi connectivity index (χ0) is 12.3. The van der Waals surface area contributed by atoms with E-state index < -0.39 is 0 Å². The molecule has 0 aliphatic carbocycles. The van der Waals surface area contributed by atoms with Crippen LogP contribution in [0.3, 0.4) is 0 Å². The van der Waals surface area contributed by atoms with E-state index >= 15 is 0 Å². The third-order valence-electron chi connectivity index (χ3n) is 2.38. The summed E-state index contributed by atoms with van der Waals surface area (Å²) in [6.07, 6.45) is 3.92. The number of aromatic nitrogens is 3. The lowest BCUT2D eigenvalue weighted by Gasteiger charge is -1.98. The van der Waals surface area contributed by atoms with Crippen molar-refractivity contribution in [3.8, 4) is 0 Å². The van der Waals surface area contributed by atoms with Crippen molar-refractivity contribution in [1.82, 2.24) is 15.0 Å².